The summed E-state index contributed by atoms with van der Waals surface area (Å²) in [6.07, 6.45) is 1.08. The Hall–Kier alpha value is 0.822. The fourth-order valence-electron chi connectivity index (χ4n) is 0. The van der Waals surface area contributed by atoms with Gasteiger partial charge in [-0.1, -0.05) is 6.92 Å². The Morgan fingerprint density at radius 1 is 1.60 bits per heavy atom. The van der Waals surface area contributed by atoms with Crippen molar-refractivity contribution in [1.82, 2.24) is 0 Å². The molecule has 0 fully saturated rings. The molecular weight excluding hydrogens is 98.5 g/mol. The number of rotatable bonds is 1. The van der Waals surface area contributed by atoms with Gasteiger partial charge < -0.3 is 0 Å². The highest BCUT2D eigenvalue weighted by Crippen LogP contribution is 1.75. The molecule has 0 saturated heterocycles. The molecule has 0 radical (unpaired) electrons. The average Bonchev–Trinajstić information content (AvgIpc) is 1.37. The van der Waals surface area contributed by atoms with Crippen molar-refractivity contribution in [2.75, 3.05) is 5.88 Å². The van der Waals surface area contributed by atoms with Crippen molar-refractivity contribution in [3.63, 3.8) is 0 Å². The van der Waals surface area contributed by atoms with Gasteiger partial charge in [-0.3, -0.25) is 0 Å². The molecule has 0 heterocycles. The van der Waals surface area contributed by atoms with E-state index in [4.69, 9.17) is 11.6 Å². The number of hydrogen-bond donors (Lipinski definition) is 0. The molecule has 32 valence electrons. The van der Waals surface area contributed by atoms with Crippen LogP contribution in [0.4, 0.5) is 0 Å². The summed E-state index contributed by atoms with van der Waals surface area (Å²) in [5.74, 6) is 0.792. The summed E-state index contributed by atoms with van der Waals surface area (Å²) in [7, 11) is 0. The molecular formula is C3H10AlCl. The lowest BCUT2D eigenvalue weighted by atomic mass is 10.6. The van der Waals surface area contributed by atoms with Crippen molar-refractivity contribution in [1.29, 1.82) is 0 Å². The molecule has 0 amide bonds. The van der Waals surface area contributed by atoms with Crippen molar-refractivity contribution in [3.05, 3.63) is 0 Å². The maximum absolute atomic E-state index is 5.19. The fourth-order valence-corrected chi connectivity index (χ4v) is 0. The summed E-state index contributed by atoms with van der Waals surface area (Å²) in [5.41, 5.74) is 0. The molecule has 0 aromatic heterocycles. The van der Waals surface area contributed by atoms with Crippen molar-refractivity contribution in [2.45, 2.75) is 13.3 Å². The Balaban J connectivity index is 0. The van der Waals surface area contributed by atoms with Crippen LogP contribution >= 0.6 is 11.6 Å². The molecule has 2 heteroatoms. The van der Waals surface area contributed by atoms with Gasteiger partial charge in [-0.05, 0) is 6.42 Å². The molecule has 0 aliphatic rings. The van der Waals surface area contributed by atoms with Crippen LogP contribution in [0.3, 0.4) is 0 Å². The highest BCUT2D eigenvalue weighted by molar-refractivity contribution is 6.17. The van der Waals surface area contributed by atoms with E-state index >= 15 is 0 Å². The van der Waals surface area contributed by atoms with Gasteiger partial charge in [-0.2, -0.15) is 0 Å². The third-order valence-electron chi connectivity index (χ3n) is 0.189. The standard InChI is InChI=1S/C3H7Cl.Al.3H/c1-2-3-4;;;;/h2-3H2,1H3;;;;. The summed E-state index contributed by atoms with van der Waals surface area (Å²) < 4.78 is 0. The second-order valence-corrected chi connectivity index (χ2v) is 1.07. The number of halogens is 1. The molecule has 0 N–H and O–H groups in total. The third kappa shape index (κ3) is 11.6. The van der Waals surface area contributed by atoms with E-state index in [-0.39, 0.29) is 17.4 Å². The lowest BCUT2D eigenvalue weighted by Gasteiger charge is -1.65. The molecule has 0 rings (SSSR count). The topological polar surface area (TPSA) is 0 Å². The van der Waals surface area contributed by atoms with Gasteiger partial charge in [-0.25, -0.2) is 0 Å². The summed E-state index contributed by atoms with van der Waals surface area (Å²) >= 11 is 5.19. The molecule has 0 saturated carbocycles. The Kier molecular flexibility index (Phi) is 16.4. The highest BCUT2D eigenvalue weighted by Gasteiger charge is 1.59. The van der Waals surface area contributed by atoms with Gasteiger partial charge >= 0.3 is 0 Å². The fraction of sp³-hybridized carbons (Fsp3) is 1.00. The molecule has 0 unspecified atom stereocenters. The van der Waals surface area contributed by atoms with Crippen LogP contribution in [0.2, 0.25) is 0 Å². The molecule has 0 aromatic rings. The molecule has 0 bridgehead atoms. The van der Waals surface area contributed by atoms with Gasteiger partial charge in [0.25, 0.3) is 0 Å². The van der Waals surface area contributed by atoms with E-state index in [1.165, 1.54) is 0 Å². The van der Waals surface area contributed by atoms with E-state index in [0.29, 0.717) is 0 Å². The van der Waals surface area contributed by atoms with Crippen molar-refractivity contribution in [3.8, 4) is 0 Å². The Morgan fingerprint density at radius 2 is 1.80 bits per heavy atom. The smallest absolute Gasteiger partial charge is 0.127 e. The molecule has 0 nitrogen and oxygen atoms in total. The largest absolute Gasteiger partial charge is 0.187 e. The van der Waals surface area contributed by atoms with Gasteiger partial charge in [0.2, 0.25) is 0 Å². The van der Waals surface area contributed by atoms with Crippen LogP contribution in [-0.4, -0.2) is 23.2 Å². The van der Waals surface area contributed by atoms with Gasteiger partial charge in [0.15, 0.2) is 17.4 Å². The van der Waals surface area contributed by atoms with Crippen LogP contribution < -0.4 is 0 Å². The zero-order chi connectivity index (χ0) is 3.41. The summed E-state index contributed by atoms with van der Waals surface area (Å²) in [4.78, 5) is 0. The van der Waals surface area contributed by atoms with E-state index in [1.807, 2.05) is 6.92 Å². The quantitative estimate of drug-likeness (QED) is 0.338. The first kappa shape index (κ1) is 9.27. The summed E-state index contributed by atoms with van der Waals surface area (Å²) in [5, 5.41) is 0. The first-order chi connectivity index (χ1) is 1.91. The molecule has 0 aliphatic heterocycles. The SMILES string of the molecule is CCCCl.[AlH3]. The molecule has 0 aliphatic carbocycles. The van der Waals surface area contributed by atoms with E-state index < -0.39 is 0 Å². The zero-order valence-corrected chi connectivity index (χ0v) is 3.55. The second kappa shape index (κ2) is 8.85. The molecule has 0 aromatic carbocycles. The van der Waals surface area contributed by atoms with E-state index in [2.05, 4.69) is 0 Å². The van der Waals surface area contributed by atoms with Crippen molar-refractivity contribution in [2.24, 2.45) is 0 Å². The maximum Gasteiger partial charge on any atom is 0.187 e. The van der Waals surface area contributed by atoms with Crippen molar-refractivity contribution < 1.29 is 0 Å². The zero-order valence-electron chi connectivity index (χ0n) is 2.79. The lowest BCUT2D eigenvalue weighted by molar-refractivity contribution is 1.10. The van der Waals surface area contributed by atoms with Gasteiger partial charge in [0, 0.05) is 5.88 Å². The second-order valence-electron chi connectivity index (χ2n) is 0.689. The minimum Gasteiger partial charge on any atom is -0.127 e. The van der Waals surface area contributed by atoms with Crippen LogP contribution in [0.25, 0.3) is 0 Å². The monoisotopic (exact) mass is 108 g/mol. The average molecular weight is 109 g/mol. The molecule has 0 atom stereocenters. The predicted molar refractivity (Wildman–Crippen MR) is 30.9 cm³/mol. The first-order valence-corrected chi connectivity index (χ1v) is 2.01. The van der Waals surface area contributed by atoms with Crippen LogP contribution in [0, 0.1) is 0 Å². The first-order valence-electron chi connectivity index (χ1n) is 1.47. The van der Waals surface area contributed by atoms with Gasteiger partial charge in [0.05, 0.1) is 0 Å². The summed E-state index contributed by atoms with van der Waals surface area (Å²) in [6, 6.07) is 0. The minimum absolute atomic E-state index is 0. The van der Waals surface area contributed by atoms with Gasteiger partial charge in [-0.15, -0.1) is 11.6 Å². The predicted octanol–water partition coefficient (Wildman–Crippen LogP) is 0.451. The van der Waals surface area contributed by atoms with Gasteiger partial charge in [0.1, 0.15) is 0 Å². The normalized spacial score (nSPS) is 6.00. The molecule has 0 spiro atoms. The van der Waals surface area contributed by atoms with Crippen LogP contribution in [0.15, 0.2) is 0 Å². The van der Waals surface area contributed by atoms with Crippen molar-refractivity contribution >= 4 is 29.0 Å². The number of hydrogen-bond acceptors (Lipinski definition) is 0. The highest BCUT2D eigenvalue weighted by atomic mass is 35.5. The van der Waals surface area contributed by atoms with Crippen LogP contribution in [0.1, 0.15) is 13.3 Å². The van der Waals surface area contributed by atoms with E-state index in [0.717, 1.165) is 12.3 Å². The molecule has 5 heavy (non-hydrogen) atoms. The Morgan fingerprint density at radius 3 is 1.80 bits per heavy atom. The third-order valence-corrected chi connectivity index (χ3v) is 0.567. The Bertz CT molecular complexity index is 8.85. The Labute approximate surface area is 48.6 Å². The van der Waals surface area contributed by atoms with E-state index in [9.17, 15) is 0 Å². The van der Waals surface area contributed by atoms with E-state index in [1.54, 1.807) is 0 Å². The minimum atomic E-state index is 0. The maximum atomic E-state index is 5.19. The number of alkyl halides is 1. The van der Waals surface area contributed by atoms with Crippen LogP contribution in [-0.2, 0) is 0 Å². The van der Waals surface area contributed by atoms with Crippen LogP contribution in [0.5, 0.6) is 0 Å². The lowest BCUT2D eigenvalue weighted by Crippen LogP contribution is -1.55. The summed E-state index contributed by atoms with van der Waals surface area (Å²) in [6.45, 7) is 2.05.